The lowest BCUT2D eigenvalue weighted by atomic mass is 9.72. The van der Waals surface area contributed by atoms with Crippen LogP contribution in [0, 0.1) is 0 Å². The number of anilines is 1. The van der Waals surface area contributed by atoms with E-state index in [-0.39, 0.29) is 11.8 Å². The second-order valence-corrected chi connectivity index (χ2v) is 7.26. The smallest absolute Gasteiger partial charge is 0.313 e. The number of nitrogens with zero attached hydrogens (tertiary/aromatic N) is 1. The summed E-state index contributed by atoms with van der Waals surface area (Å²) in [6.45, 7) is 3.16. The number of hydrogen-bond acceptors (Lipinski definition) is 5. The Bertz CT molecular complexity index is 745. The molecular weight excluding hydrogens is 360 g/mol. The van der Waals surface area contributed by atoms with Crippen molar-refractivity contribution in [1.82, 2.24) is 15.5 Å². The zero-order chi connectivity index (χ0) is 20.7. The van der Waals surface area contributed by atoms with Crippen molar-refractivity contribution in [2.75, 3.05) is 32.5 Å². The zero-order valence-electron chi connectivity index (χ0n) is 16.6. The molecule has 1 aromatic rings. The quantitative estimate of drug-likeness (QED) is 0.363. The van der Waals surface area contributed by atoms with Crippen LogP contribution in [0.4, 0.5) is 5.69 Å². The summed E-state index contributed by atoms with van der Waals surface area (Å²) in [6.07, 6.45) is 2.07. The Kier molecular flexibility index (Phi) is 7.28. The topological polar surface area (TPSA) is 108 Å². The van der Waals surface area contributed by atoms with Crippen LogP contribution in [-0.4, -0.2) is 55.7 Å². The van der Waals surface area contributed by atoms with Crippen LogP contribution in [0.15, 0.2) is 24.3 Å². The largest absolute Gasteiger partial charge is 0.348 e. The van der Waals surface area contributed by atoms with Crippen LogP contribution in [-0.2, 0) is 24.6 Å². The lowest BCUT2D eigenvalue weighted by Gasteiger charge is -2.35. The van der Waals surface area contributed by atoms with E-state index in [4.69, 9.17) is 0 Å². The predicted molar refractivity (Wildman–Crippen MR) is 106 cm³/mol. The standard InChI is InChI=1S/C20H28N4O4/c1-4-20(11-10-16(25)23-19(20)28)14-6-8-15(9-7-14)22-18(27)17(26)21-12-5-13-24(2)3/h6-9H,4-5,10-13H2,1-3H3,(H,21,26)(H,22,27)(H,23,25,28)/t20-/m0/s1. The van der Waals surface area contributed by atoms with Crippen LogP contribution in [0.1, 0.15) is 38.2 Å². The van der Waals surface area contributed by atoms with Gasteiger partial charge in [-0.05, 0) is 57.6 Å². The number of piperidine rings is 1. The molecule has 0 radical (unpaired) electrons. The molecule has 1 fully saturated rings. The first-order valence-electron chi connectivity index (χ1n) is 9.47. The van der Waals surface area contributed by atoms with E-state index in [2.05, 4.69) is 16.0 Å². The summed E-state index contributed by atoms with van der Waals surface area (Å²) in [6, 6.07) is 6.83. The number of imide groups is 1. The van der Waals surface area contributed by atoms with Crippen molar-refractivity contribution in [1.29, 1.82) is 0 Å². The maximum Gasteiger partial charge on any atom is 0.313 e. The summed E-state index contributed by atoms with van der Waals surface area (Å²) in [5.41, 5.74) is 0.502. The van der Waals surface area contributed by atoms with Crippen LogP contribution in [0.2, 0.25) is 0 Å². The first-order valence-corrected chi connectivity index (χ1v) is 9.47. The molecule has 0 aromatic heterocycles. The Morgan fingerprint density at radius 1 is 1.14 bits per heavy atom. The molecule has 1 heterocycles. The lowest BCUT2D eigenvalue weighted by Crippen LogP contribution is -2.51. The monoisotopic (exact) mass is 388 g/mol. The second kappa shape index (κ2) is 9.45. The van der Waals surface area contributed by atoms with Gasteiger partial charge in [-0.15, -0.1) is 0 Å². The van der Waals surface area contributed by atoms with E-state index in [9.17, 15) is 19.2 Å². The highest BCUT2D eigenvalue weighted by atomic mass is 16.2. The number of hydrogen-bond donors (Lipinski definition) is 3. The summed E-state index contributed by atoms with van der Waals surface area (Å²) in [5.74, 6) is -1.96. The van der Waals surface area contributed by atoms with E-state index < -0.39 is 17.2 Å². The van der Waals surface area contributed by atoms with Gasteiger partial charge < -0.3 is 15.5 Å². The van der Waals surface area contributed by atoms with E-state index in [0.717, 1.165) is 18.5 Å². The van der Waals surface area contributed by atoms with E-state index in [0.29, 0.717) is 31.5 Å². The minimum atomic E-state index is -0.750. The Morgan fingerprint density at radius 2 is 1.82 bits per heavy atom. The van der Waals surface area contributed by atoms with Gasteiger partial charge in [-0.1, -0.05) is 19.1 Å². The Hall–Kier alpha value is -2.74. The SMILES string of the molecule is CC[C@@]1(c2ccc(NC(=O)C(=O)NCCCN(C)C)cc2)CCC(=O)NC1=O. The molecular formula is C20H28N4O4. The summed E-state index contributed by atoms with van der Waals surface area (Å²) in [7, 11) is 3.88. The predicted octanol–water partition coefficient (Wildman–Crippen LogP) is 0.777. The van der Waals surface area contributed by atoms with Gasteiger partial charge in [0.15, 0.2) is 0 Å². The van der Waals surface area contributed by atoms with Crippen molar-refractivity contribution in [3.63, 3.8) is 0 Å². The van der Waals surface area contributed by atoms with Crippen molar-refractivity contribution in [3.8, 4) is 0 Å². The van der Waals surface area contributed by atoms with Gasteiger partial charge in [0.1, 0.15) is 0 Å². The van der Waals surface area contributed by atoms with E-state index >= 15 is 0 Å². The number of carbonyl (C=O) groups excluding carboxylic acids is 4. The third-order valence-corrected chi connectivity index (χ3v) is 5.04. The number of nitrogens with one attached hydrogen (secondary N) is 3. The molecule has 3 N–H and O–H groups in total. The Balaban J connectivity index is 1.96. The van der Waals surface area contributed by atoms with Gasteiger partial charge in [0, 0.05) is 18.7 Å². The molecule has 0 saturated carbocycles. The van der Waals surface area contributed by atoms with Gasteiger partial charge in [0.25, 0.3) is 0 Å². The van der Waals surface area contributed by atoms with Gasteiger partial charge in [-0.3, -0.25) is 24.5 Å². The van der Waals surface area contributed by atoms with Crippen LogP contribution >= 0.6 is 0 Å². The maximum absolute atomic E-state index is 12.4. The molecule has 28 heavy (non-hydrogen) atoms. The number of amides is 4. The van der Waals surface area contributed by atoms with Crippen LogP contribution < -0.4 is 16.0 Å². The average molecular weight is 388 g/mol. The fourth-order valence-corrected chi connectivity index (χ4v) is 3.30. The average Bonchev–Trinajstić information content (AvgIpc) is 2.66. The molecule has 1 atom stereocenters. The lowest BCUT2D eigenvalue weighted by molar-refractivity contribution is -0.138. The van der Waals surface area contributed by atoms with Crippen LogP contribution in [0.5, 0.6) is 0 Å². The number of benzene rings is 1. The molecule has 0 bridgehead atoms. The molecule has 0 aliphatic carbocycles. The summed E-state index contributed by atoms with van der Waals surface area (Å²) in [4.78, 5) is 49.7. The second-order valence-electron chi connectivity index (χ2n) is 7.26. The zero-order valence-corrected chi connectivity index (χ0v) is 16.6. The number of carbonyl (C=O) groups is 4. The first kappa shape index (κ1) is 21.6. The highest BCUT2D eigenvalue weighted by molar-refractivity contribution is 6.39. The molecule has 1 aromatic carbocycles. The minimum Gasteiger partial charge on any atom is -0.348 e. The van der Waals surface area contributed by atoms with Crippen LogP contribution in [0.25, 0.3) is 0 Å². The Morgan fingerprint density at radius 3 is 2.39 bits per heavy atom. The molecule has 0 unspecified atom stereocenters. The highest BCUT2D eigenvalue weighted by Gasteiger charge is 2.42. The van der Waals surface area contributed by atoms with Crippen molar-refractivity contribution in [2.45, 2.75) is 38.0 Å². The highest BCUT2D eigenvalue weighted by Crippen LogP contribution is 2.36. The fraction of sp³-hybridized carbons (Fsp3) is 0.500. The van der Waals surface area contributed by atoms with Crippen LogP contribution in [0.3, 0.4) is 0 Å². The van der Waals surface area contributed by atoms with Gasteiger partial charge in [-0.2, -0.15) is 0 Å². The van der Waals surface area contributed by atoms with Crippen molar-refractivity contribution >= 4 is 29.3 Å². The van der Waals surface area contributed by atoms with Crippen molar-refractivity contribution in [2.24, 2.45) is 0 Å². The molecule has 8 nitrogen and oxygen atoms in total. The molecule has 1 aliphatic heterocycles. The van der Waals surface area contributed by atoms with Gasteiger partial charge in [0.05, 0.1) is 5.41 Å². The molecule has 4 amide bonds. The molecule has 152 valence electrons. The van der Waals surface area contributed by atoms with Gasteiger partial charge >= 0.3 is 11.8 Å². The first-order chi connectivity index (χ1) is 13.3. The van der Waals surface area contributed by atoms with Crippen molar-refractivity contribution < 1.29 is 19.2 Å². The molecule has 0 spiro atoms. The van der Waals surface area contributed by atoms with Gasteiger partial charge in [-0.25, -0.2) is 0 Å². The van der Waals surface area contributed by atoms with E-state index in [1.165, 1.54) is 0 Å². The minimum absolute atomic E-state index is 0.255. The third kappa shape index (κ3) is 5.16. The third-order valence-electron chi connectivity index (χ3n) is 5.04. The molecule has 1 aliphatic rings. The summed E-state index contributed by atoms with van der Waals surface area (Å²) >= 11 is 0. The number of rotatable bonds is 7. The molecule has 8 heteroatoms. The van der Waals surface area contributed by atoms with E-state index in [1.807, 2.05) is 25.9 Å². The molecule has 2 rings (SSSR count). The van der Waals surface area contributed by atoms with E-state index in [1.54, 1.807) is 24.3 Å². The van der Waals surface area contributed by atoms with Crippen molar-refractivity contribution in [3.05, 3.63) is 29.8 Å². The summed E-state index contributed by atoms with van der Waals surface area (Å²) in [5, 5.41) is 7.55. The fourth-order valence-electron chi connectivity index (χ4n) is 3.30. The van der Waals surface area contributed by atoms with Gasteiger partial charge in [0.2, 0.25) is 11.8 Å². The normalized spacial score (nSPS) is 19.3. The Labute approximate surface area is 165 Å². The summed E-state index contributed by atoms with van der Waals surface area (Å²) < 4.78 is 0. The maximum atomic E-state index is 12.4. The molecule has 1 saturated heterocycles.